The molecule has 0 radical (unpaired) electrons. The van der Waals surface area contributed by atoms with E-state index in [0.717, 1.165) is 6.07 Å². The second-order valence-electron chi connectivity index (χ2n) is 9.67. The maximum absolute atomic E-state index is 14.6. The van der Waals surface area contributed by atoms with E-state index in [1.807, 2.05) is 0 Å². The highest BCUT2D eigenvalue weighted by atomic mass is 35.5. The normalized spacial score (nSPS) is 11.2. The number of halogens is 4. The molecule has 0 fully saturated rings. The van der Waals surface area contributed by atoms with Crippen molar-refractivity contribution in [2.75, 3.05) is 24.7 Å². The molecule has 0 saturated carbocycles. The molecule has 0 unspecified atom stereocenters. The molecule has 0 bridgehead atoms. The lowest BCUT2D eigenvalue weighted by atomic mass is 10.1. The van der Waals surface area contributed by atoms with Crippen LogP contribution in [0.4, 0.5) is 35.0 Å². The smallest absolute Gasteiger partial charge is 0.410 e. The predicted octanol–water partition coefficient (Wildman–Crippen LogP) is 6.16. The van der Waals surface area contributed by atoms with Crippen LogP contribution in [0, 0.1) is 17.5 Å². The van der Waals surface area contributed by atoms with E-state index in [1.54, 1.807) is 32.9 Å². The van der Waals surface area contributed by atoms with Crippen LogP contribution < -0.4 is 15.8 Å². The zero-order valence-corrected chi connectivity index (χ0v) is 22.9. The SMILES string of the molecule is COc1ccc(N)c(CCN(Cc2c(Nc3cc(F)c(F)cc3C(=O)O)ccc(F)c2Cl)C(=O)OC(C)(C)C)n1. The molecule has 0 aliphatic rings. The number of aromatic carboxylic acids is 1. The molecule has 2 aromatic carbocycles. The molecular weight excluding hydrogens is 553 g/mol. The molecule has 0 aliphatic heterocycles. The first-order valence-electron chi connectivity index (χ1n) is 11.9. The van der Waals surface area contributed by atoms with Gasteiger partial charge in [-0.1, -0.05) is 11.6 Å². The third-order valence-corrected chi connectivity index (χ3v) is 5.98. The van der Waals surface area contributed by atoms with Gasteiger partial charge in [-0.3, -0.25) is 0 Å². The average molecular weight is 581 g/mol. The van der Waals surface area contributed by atoms with Crippen LogP contribution in [0.1, 0.15) is 42.4 Å². The zero-order valence-electron chi connectivity index (χ0n) is 22.1. The van der Waals surface area contributed by atoms with Gasteiger partial charge in [0.1, 0.15) is 11.4 Å². The number of carbonyl (C=O) groups is 2. The molecule has 0 spiro atoms. The Bertz CT molecular complexity index is 1430. The van der Waals surface area contributed by atoms with E-state index in [9.17, 15) is 27.9 Å². The molecular formula is C27H28ClF3N4O5. The molecule has 3 rings (SSSR count). The van der Waals surface area contributed by atoms with Gasteiger partial charge in [-0.15, -0.1) is 0 Å². The molecule has 0 atom stereocenters. The van der Waals surface area contributed by atoms with Crippen LogP contribution in [-0.2, 0) is 17.7 Å². The van der Waals surface area contributed by atoms with Crippen LogP contribution in [0.3, 0.4) is 0 Å². The number of aromatic nitrogens is 1. The molecule has 214 valence electrons. The summed E-state index contributed by atoms with van der Waals surface area (Å²) >= 11 is 6.29. The van der Waals surface area contributed by atoms with E-state index in [0.29, 0.717) is 29.4 Å². The predicted molar refractivity (Wildman–Crippen MR) is 144 cm³/mol. The summed E-state index contributed by atoms with van der Waals surface area (Å²) < 4.78 is 53.0. The number of rotatable bonds is 9. The lowest BCUT2D eigenvalue weighted by molar-refractivity contribution is 0.0235. The Labute approximate surface area is 233 Å². The molecule has 40 heavy (non-hydrogen) atoms. The van der Waals surface area contributed by atoms with Crippen molar-refractivity contribution >= 4 is 40.7 Å². The molecule has 0 aliphatic carbocycles. The number of hydrogen-bond donors (Lipinski definition) is 3. The topological polar surface area (TPSA) is 127 Å². The highest BCUT2D eigenvalue weighted by Crippen LogP contribution is 2.33. The van der Waals surface area contributed by atoms with Gasteiger partial charge in [0.2, 0.25) is 5.88 Å². The van der Waals surface area contributed by atoms with Gasteiger partial charge in [0.15, 0.2) is 11.6 Å². The van der Waals surface area contributed by atoms with Crippen LogP contribution in [0.15, 0.2) is 36.4 Å². The summed E-state index contributed by atoms with van der Waals surface area (Å²) in [6.45, 7) is 4.69. The summed E-state index contributed by atoms with van der Waals surface area (Å²) in [5.41, 5.74) is 5.14. The summed E-state index contributed by atoms with van der Waals surface area (Å²) in [7, 11) is 1.44. The molecule has 1 aromatic heterocycles. The average Bonchev–Trinajstić information content (AvgIpc) is 2.87. The van der Waals surface area contributed by atoms with Crippen molar-refractivity contribution < 1.29 is 37.3 Å². The fourth-order valence-electron chi connectivity index (χ4n) is 3.64. The zero-order chi connectivity index (χ0) is 29.8. The van der Waals surface area contributed by atoms with Crippen molar-refractivity contribution in [2.24, 2.45) is 0 Å². The summed E-state index contributed by atoms with van der Waals surface area (Å²) in [5, 5.41) is 11.8. The largest absolute Gasteiger partial charge is 0.481 e. The Morgan fingerprint density at radius 1 is 1.07 bits per heavy atom. The van der Waals surface area contributed by atoms with Gasteiger partial charge in [0, 0.05) is 36.3 Å². The lowest BCUT2D eigenvalue weighted by Gasteiger charge is -2.28. The van der Waals surface area contributed by atoms with E-state index < -0.39 is 40.7 Å². The first-order chi connectivity index (χ1) is 18.7. The number of methoxy groups -OCH3 is 1. The number of hydrogen-bond acceptors (Lipinski definition) is 7. The minimum absolute atomic E-state index is 0.00286. The molecule has 3 aromatic rings. The Kier molecular flexibility index (Phi) is 9.36. The number of carbonyl (C=O) groups excluding carboxylic acids is 1. The minimum atomic E-state index is -1.53. The Balaban J connectivity index is 2.02. The van der Waals surface area contributed by atoms with E-state index in [-0.39, 0.29) is 41.5 Å². The van der Waals surface area contributed by atoms with Gasteiger partial charge >= 0.3 is 12.1 Å². The number of benzene rings is 2. The van der Waals surface area contributed by atoms with Crippen molar-refractivity contribution in [1.82, 2.24) is 9.88 Å². The number of nitrogens with two attached hydrogens (primary N) is 1. The van der Waals surface area contributed by atoms with Gasteiger partial charge in [0.25, 0.3) is 0 Å². The highest BCUT2D eigenvalue weighted by Gasteiger charge is 2.26. The van der Waals surface area contributed by atoms with Crippen LogP contribution in [0.5, 0.6) is 5.88 Å². The second kappa shape index (κ2) is 12.3. The maximum atomic E-state index is 14.6. The third kappa shape index (κ3) is 7.47. The minimum Gasteiger partial charge on any atom is -0.481 e. The first kappa shape index (κ1) is 30.4. The number of nitrogen functional groups attached to an aromatic ring is 1. The van der Waals surface area contributed by atoms with E-state index in [2.05, 4.69) is 10.3 Å². The number of anilines is 3. The number of nitrogens with zero attached hydrogens (tertiary/aromatic N) is 2. The fraction of sp³-hybridized carbons (Fsp3) is 0.296. The monoisotopic (exact) mass is 580 g/mol. The molecule has 4 N–H and O–H groups in total. The van der Waals surface area contributed by atoms with Crippen LogP contribution in [0.25, 0.3) is 0 Å². The van der Waals surface area contributed by atoms with Crippen LogP contribution in [-0.4, -0.2) is 46.3 Å². The molecule has 0 saturated heterocycles. The summed E-state index contributed by atoms with van der Waals surface area (Å²) in [4.78, 5) is 30.4. The number of carboxylic acids is 1. The van der Waals surface area contributed by atoms with Gasteiger partial charge in [-0.25, -0.2) is 27.7 Å². The Morgan fingerprint density at radius 3 is 2.38 bits per heavy atom. The number of pyridine rings is 1. The Morgan fingerprint density at radius 2 is 1.75 bits per heavy atom. The van der Waals surface area contributed by atoms with Crippen LogP contribution in [0.2, 0.25) is 5.02 Å². The number of amides is 1. The maximum Gasteiger partial charge on any atom is 0.410 e. The number of carboxylic acid groups (broad SMARTS) is 1. The number of nitrogens with one attached hydrogen (secondary N) is 1. The molecule has 1 amide bonds. The summed E-state index contributed by atoms with van der Waals surface area (Å²) in [5.74, 6) is -4.71. The van der Waals surface area contributed by atoms with E-state index in [1.165, 1.54) is 18.1 Å². The molecule has 13 heteroatoms. The summed E-state index contributed by atoms with van der Waals surface area (Å²) in [6, 6.07) is 6.60. The first-order valence-corrected chi connectivity index (χ1v) is 12.3. The molecule has 9 nitrogen and oxygen atoms in total. The highest BCUT2D eigenvalue weighted by molar-refractivity contribution is 6.32. The molecule has 1 heterocycles. The van der Waals surface area contributed by atoms with Crippen molar-refractivity contribution in [3.8, 4) is 5.88 Å². The van der Waals surface area contributed by atoms with Gasteiger partial charge in [0.05, 0.1) is 41.3 Å². The van der Waals surface area contributed by atoms with E-state index in [4.69, 9.17) is 26.8 Å². The van der Waals surface area contributed by atoms with Crippen molar-refractivity contribution in [1.29, 1.82) is 0 Å². The van der Waals surface area contributed by atoms with Gasteiger partial charge in [-0.05, 0) is 45.0 Å². The lowest BCUT2D eigenvalue weighted by Crippen LogP contribution is -2.38. The summed E-state index contributed by atoms with van der Waals surface area (Å²) in [6.07, 6.45) is -0.607. The van der Waals surface area contributed by atoms with Crippen molar-refractivity contribution in [3.05, 3.63) is 75.7 Å². The standard InChI is InChI=1S/C27H28ClF3N4O5/c1-27(2,3)40-26(38)35(10-9-21-19(32)6-8-23(34-21)39-4)13-15-20(7-5-16(29)24(15)28)33-22-12-18(31)17(30)11-14(22)25(36)37/h5-8,11-12,33H,9-10,13,32H2,1-4H3,(H,36,37). The second-order valence-corrected chi connectivity index (χ2v) is 10.0. The fourth-order valence-corrected chi connectivity index (χ4v) is 3.86. The quantitative estimate of drug-likeness (QED) is 0.274. The van der Waals surface area contributed by atoms with E-state index >= 15 is 0 Å². The van der Waals surface area contributed by atoms with Crippen molar-refractivity contribution in [3.63, 3.8) is 0 Å². The number of ether oxygens (including phenoxy) is 2. The van der Waals surface area contributed by atoms with Crippen LogP contribution >= 0.6 is 11.6 Å². The van der Waals surface area contributed by atoms with Crippen molar-refractivity contribution in [2.45, 2.75) is 39.3 Å². The van der Waals surface area contributed by atoms with Gasteiger partial charge in [-0.2, -0.15) is 0 Å². The Hall–Kier alpha value is -4.19. The van der Waals surface area contributed by atoms with Gasteiger partial charge < -0.3 is 30.5 Å². The third-order valence-electron chi connectivity index (χ3n) is 5.57.